The van der Waals surface area contributed by atoms with Gasteiger partial charge in [-0.05, 0) is 29.0 Å². The fourth-order valence-corrected chi connectivity index (χ4v) is 1.11. The van der Waals surface area contributed by atoms with Gasteiger partial charge in [-0.1, -0.05) is 6.92 Å². The van der Waals surface area contributed by atoms with Gasteiger partial charge in [0.1, 0.15) is 0 Å². The van der Waals surface area contributed by atoms with Gasteiger partial charge < -0.3 is 5.32 Å². The fraction of sp³-hybridized carbons (Fsp3) is 0.500. The van der Waals surface area contributed by atoms with Gasteiger partial charge in [0, 0.05) is 22.5 Å². The predicted octanol–water partition coefficient (Wildman–Crippen LogP) is 2.51. The zero-order chi connectivity index (χ0) is 9.68. The lowest BCUT2D eigenvalue weighted by atomic mass is 10.3. The molecule has 1 aromatic rings. The molecule has 0 aliphatic heterocycles. The van der Waals surface area contributed by atoms with Crippen LogP contribution in [0.1, 0.15) is 13.3 Å². The first-order valence-corrected chi connectivity index (χ1v) is 5.59. The predicted molar refractivity (Wildman–Crippen MR) is 63.2 cm³/mol. The Morgan fingerprint density at radius 1 is 1.54 bits per heavy atom. The molecule has 0 saturated carbocycles. The molecule has 1 atom stereocenters. The largest absolute Gasteiger partial charge is 0.353 e. The van der Waals surface area contributed by atoms with E-state index in [2.05, 4.69) is 37.9 Å². The smallest absolute Gasteiger partial charge is 0.222 e. The van der Waals surface area contributed by atoms with Crippen LogP contribution in [0.25, 0.3) is 0 Å². The first kappa shape index (κ1) is 11.0. The Bertz CT molecular complexity index is 252. The van der Waals surface area contributed by atoms with Crippen LogP contribution in [0.15, 0.2) is 12.4 Å². The van der Waals surface area contributed by atoms with Crippen molar-refractivity contribution in [1.82, 2.24) is 9.97 Å². The van der Waals surface area contributed by atoms with E-state index in [-0.39, 0.29) is 5.38 Å². The number of nitrogens with one attached hydrogen (secondary N) is 1. The van der Waals surface area contributed by atoms with Crippen molar-refractivity contribution in [3.05, 3.63) is 16.0 Å². The van der Waals surface area contributed by atoms with Crippen molar-refractivity contribution >= 4 is 40.1 Å². The van der Waals surface area contributed by atoms with Gasteiger partial charge in [-0.3, -0.25) is 0 Å². The molecular formula is C8H11ClIN3. The monoisotopic (exact) mass is 311 g/mol. The lowest BCUT2D eigenvalue weighted by Gasteiger charge is -2.07. The zero-order valence-electron chi connectivity index (χ0n) is 7.30. The molecular weight excluding hydrogens is 300 g/mol. The first-order valence-electron chi connectivity index (χ1n) is 4.08. The summed E-state index contributed by atoms with van der Waals surface area (Å²) in [5.74, 6) is 0.638. The number of hydrogen-bond donors (Lipinski definition) is 1. The second kappa shape index (κ2) is 5.59. The van der Waals surface area contributed by atoms with Gasteiger partial charge in [-0.25, -0.2) is 9.97 Å². The van der Waals surface area contributed by atoms with Gasteiger partial charge >= 0.3 is 0 Å². The summed E-state index contributed by atoms with van der Waals surface area (Å²) in [5.41, 5.74) is 0. The summed E-state index contributed by atoms with van der Waals surface area (Å²) < 4.78 is 1.03. The molecule has 0 amide bonds. The van der Waals surface area contributed by atoms with Crippen LogP contribution >= 0.6 is 34.2 Å². The van der Waals surface area contributed by atoms with E-state index < -0.39 is 0 Å². The number of anilines is 1. The summed E-state index contributed by atoms with van der Waals surface area (Å²) in [6, 6.07) is 0. The van der Waals surface area contributed by atoms with Crippen molar-refractivity contribution in [3.8, 4) is 0 Å². The maximum Gasteiger partial charge on any atom is 0.222 e. The van der Waals surface area contributed by atoms with Crippen LogP contribution in [-0.2, 0) is 0 Å². The molecule has 1 N–H and O–H groups in total. The summed E-state index contributed by atoms with van der Waals surface area (Å²) in [5, 5.41) is 3.21. The van der Waals surface area contributed by atoms with Gasteiger partial charge in [0.05, 0.1) is 5.38 Å². The van der Waals surface area contributed by atoms with E-state index in [0.717, 1.165) is 9.99 Å². The van der Waals surface area contributed by atoms with Crippen LogP contribution in [-0.4, -0.2) is 21.9 Å². The molecule has 72 valence electrons. The van der Waals surface area contributed by atoms with Crippen molar-refractivity contribution in [2.24, 2.45) is 0 Å². The Hall–Kier alpha value is -0.100. The van der Waals surface area contributed by atoms with E-state index in [1.807, 2.05) is 6.92 Å². The SMILES string of the molecule is CCC(Cl)CNc1ncc(I)cn1. The van der Waals surface area contributed by atoms with Crippen LogP contribution in [0.5, 0.6) is 0 Å². The maximum atomic E-state index is 5.93. The van der Waals surface area contributed by atoms with E-state index in [1.54, 1.807) is 12.4 Å². The van der Waals surface area contributed by atoms with Gasteiger partial charge in [-0.15, -0.1) is 11.6 Å². The fourth-order valence-electron chi connectivity index (χ4n) is 0.750. The standard InChI is InChI=1S/C8H11ClIN3/c1-2-6(9)3-11-8-12-4-7(10)5-13-8/h4-6H,2-3H2,1H3,(H,11,12,13). The second-order valence-electron chi connectivity index (χ2n) is 2.61. The van der Waals surface area contributed by atoms with Crippen molar-refractivity contribution in [2.45, 2.75) is 18.7 Å². The number of halogens is 2. The van der Waals surface area contributed by atoms with Gasteiger partial charge in [0.15, 0.2) is 0 Å². The number of hydrogen-bond acceptors (Lipinski definition) is 3. The highest BCUT2D eigenvalue weighted by Crippen LogP contribution is 2.05. The summed E-state index contributed by atoms with van der Waals surface area (Å²) in [6.07, 6.45) is 4.48. The Balaban J connectivity index is 2.41. The quantitative estimate of drug-likeness (QED) is 0.686. The molecule has 1 heterocycles. The molecule has 1 unspecified atom stereocenters. The molecule has 0 fully saturated rings. The van der Waals surface area contributed by atoms with Gasteiger partial charge in [-0.2, -0.15) is 0 Å². The van der Waals surface area contributed by atoms with Gasteiger partial charge in [0.25, 0.3) is 0 Å². The van der Waals surface area contributed by atoms with Crippen LogP contribution < -0.4 is 5.32 Å². The molecule has 0 radical (unpaired) electrons. The molecule has 0 aromatic carbocycles. The van der Waals surface area contributed by atoms with Gasteiger partial charge in [0.2, 0.25) is 5.95 Å². The minimum atomic E-state index is 0.142. The third-order valence-electron chi connectivity index (χ3n) is 1.54. The van der Waals surface area contributed by atoms with Crippen molar-refractivity contribution in [2.75, 3.05) is 11.9 Å². The minimum absolute atomic E-state index is 0.142. The van der Waals surface area contributed by atoms with E-state index in [0.29, 0.717) is 12.5 Å². The lowest BCUT2D eigenvalue weighted by molar-refractivity contribution is 0.835. The molecule has 0 aliphatic carbocycles. The highest BCUT2D eigenvalue weighted by atomic mass is 127. The normalized spacial score (nSPS) is 12.5. The van der Waals surface area contributed by atoms with E-state index >= 15 is 0 Å². The zero-order valence-corrected chi connectivity index (χ0v) is 10.2. The molecule has 0 bridgehead atoms. The third-order valence-corrected chi connectivity index (χ3v) is 2.56. The topological polar surface area (TPSA) is 37.8 Å². The van der Waals surface area contributed by atoms with Crippen LogP contribution in [0.3, 0.4) is 0 Å². The summed E-state index contributed by atoms with van der Waals surface area (Å²) in [6.45, 7) is 2.76. The Morgan fingerprint density at radius 3 is 2.69 bits per heavy atom. The van der Waals surface area contributed by atoms with Crippen molar-refractivity contribution in [1.29, 1.82) is 0 Å². The van der Waals surface area contributed by atoms with Crippen LogP contribution in [0.4, 0.5) is 5.95 Å². The van der Waals surface area contributed by atoms with Crippen LogP contribution in [0.2, 0.25) is 0 Å². The van der Waals surface area contributed by atoms with E-state index in [4.69, 9.17) is 11.6 Å². The molecule has 13 heavy (non-hydrogen) atoms. The lowest BCUT2D eigenvalue weighted by Crippen LogP contribution is -2.14. The average molecular weight is 312 g/mol. The number of aromatic nitrogens is 2. The molecule has 1 rings (SSSR count). The molecule has 3 nitrogen and oxygen atoms in total. The van der Waals surface area contributed by atoms with Crippen molar-refractivity contribution < 1.29 is 0 Å². The third kappa shape index (κ3) is 4.08. The molecule has 0 aliphatic rings. The molecule has 1 aromatic heterocycles. The Morgan fingerprint density at radius 2 is 2.15 bits per heavy atom. The number of alkyl halides is 1. The Kier molecular flexibility index (Phi) is 4.72. The highest BCUT2D eigenvalue weighted by Gasteiger charge is 2.01. The minimum Gasteiger partial charge on any atom is -0.353 e. The number of rotatable bonds is 4. The van der Waals surface area contributed by atoms with Crippen LogP contribution in [0, 0.1) is 3.57 Å². The first-order chi connectivity index (χ1) is 6.22. The summed E-state index contributed by atoms with van der Waals surface area (Å²) >= 11 is 8.09. The van der Waals surface area contributed by atoms with Crippen molar-refractivity contribution in [3.63, 3.8) is 0 Å². The van der Waals surface area contributed by atoms with E-state index in [9.17, 15) is 0 Å². The molecule has 0 saturated heterocycles. The number of nitrogens with zero attached hydrogens (tertiary/aromatic N) is 2. The molecule has 0 spiro atoms. The maximum absolute atomic E-state index is 5.93. The molecule has 5 heteroatoms. The Labute approximate surface area is 96.4 Å². The second-order valence-corrected chi connectivity index (χ2v) is 4.47. The average Bonchev–Trinajstić information content (AvgIpc) is 2.16. The summed E-state index contributed by atoms with van der Waals surface area (Å²) in [4.78, 5) is 8.19. The summed E-state index contributed by atoms with van der Waals surface area (Å²) in [7, 11) is 0. The highest BCUT2D eigenvalue weighted by molar-refractivity contribution is 14.1. The van der Waals surface area contributed by atoms with E-state index in [1.165, 1.54) is 0 Å².